The third-order valence-corrected chi connectivity index (χ3v) is 3.26. The molecule has 0 rings (SSSR count). The van der Waals surface area contributed by atoms with Crippen LogP contribution in [0.15, 0.2) is 0 Å². The van der Waals surface area contributed by atoms with Gasteiger partial charge in [0.25, 0.3) is 5.97 Å². The van der Waals surface area contributed by atoms with E-state index in [0.29, 0.717) is 0 Å². The van der Waals surface area contributed by atoms with Gasteiger partial charge in [-0.25, -0.2) is 0 Å². The zero-order chi connectivity index (χ0) is 9.61. The molecule has 0 spiro atoms. The van der Waals surface area contributed by atoms with Crippen LogP contribution in [-0.4, -0.2) is 55.2 Å². The van der Waals surface area contributed by atoms with Crippen molar-refractivity contribution in [1.82, 2.24) is 0 Å². The van der Waals surface area contributed by atoms with Crippen molar-refractivity contribution in [2.24, 2.45) is 0 Å². The minimum Gasteiger partial charge on any atom is -0.452 e. The van der Waals surface area contributed by atoms with Gasteiger partial charge in [-0.2, -0.15) is 0 Å². The van der Waals surface area contributed by atoms with E-state index in [1.165, 1.54) is 21.3 Å². The van der Waals surface area contributed by atoms with Crippen LogP contribution in [-0.2, 0) is 22.5 Å². The van der Waals surface area contributed by atoms with Crippen molar-refractivity contribution in [2.45, 2.75) is 13.3 Å². The largest absolute Gasteiger partial charge is 0.750 e. The molecular formula is C6H14LiO5Si. The summed E-state index contributed by atoms with van der Waals surface area (Å²) in [6.07, 6.45) is 0.269. The molecule has 0 N–H and O–H groups in total. The SMILES string of the molecule is CCC(=O)O[Si](OC)(OC)OC.[Li]. The summed E-state index contributed by atoms with van der Waals surface area (Å²) in [4.78, 5) is 10.9. The maximum atomic E-state index is 10.9. The summed E-state index contributed by atoms with van der Waals surface area (Å²) in [5.41, 5.74) is 0. The summed E-state index contributed by atoms with van der Waals surface area (Å²) in [6, 6.07) is 0. The summed E-state index contributed by atoms with van der Waals surface area (Å²) in [5, 5.41) is 0. The van der Waals surface area contributed by atoms with E-state index in [1.807, 2.05) is 0 Å². The molecule has 0 aromatic rings. The van der Waals surface area contributed by atoms with Gasteiger partial charge in [0.05, 0.1) is 0 Å². The molecule has 0 heterocycles. The van der Waals surface area contributed by atoms with Crippen molar-refractivity contribution in [3.05, 3.63) is 0 Å². The predicted octanol–water partition coefficient (Wildman–Crippen LogP) is -0.0664. The van der Waals surface area contributed by atoms with Gasteiger partial charge in [-0.15, -0.1) is 0 Å². The third kappa shape index (κ3) is 4.81. The molecule has 0 unspecified atom stereocenters. The summed E-state index contributed by atoms with van der Waals surface area (Å²) in [5.74, 6) is -0.396. The predicted molar refractivity (Wildman–Crippen MR) is 48.9 cm³/mol. The molecule has 0 aromatic heterocycles. The fourth-order valence-corrected chi connectivity index (χ4v) is 1.76. The van der Waals surface area contributed by atoms with Crippen molar-refractivity contribution >= 4 is 33.9 Å². The second kappa shape index (κ2) is 7.56. The van der Waals surface area contributed by atoms with E-state index in [9.17, 15) is 4.79 Å². The van der Waals surface area contributed by atoms with Gasteiger partial charge < -0.3 is 17.7 Å². The van der Waals surface area contributed by atoms with E-state index >= 15 is 0 Å². The van der Waals surface area contributed by atoms with E-state index in [-0.39, 0.29) is 25.3 Å². The fraction of sp³-hybridized carbons (Fsp3) is 0.833. The molecule has 5 nitrogen and oxygen atoms in total. The molecule has 0 bridgehead atoms. The summed E-state index contributed by atoms with van der Waals surface area (Å²) >= 11 is 0. The first-order valence-electron chi connectivity index (χ1n) is 3.51. The maximum absolute atomic E-state index is 10.9. The summed E-state index contributed by atoms with van der Waals surface area (Å²) in [6.45, 7) is 1.68. The van der Waals surface area contributed by atoms with Crippen LogP contribution in [0, 0.1) is 0 Å². The molecule has 0 saturated carbocycles. The molecule has 73 valence electrons. The number of hydrogen-bond donors (Lipinski definition) is 0. The Morgan fingerprint density at radius 2 is 1.54 bits per heavy atom. The van der Waals surface area contributed by atoms with E-state index in [4.69, 9.17) is 17.7 Å². The standard InChI is InChI=1S/C6H14O5Si.Li/c1-5-6(7)11-12(8-2,9-3)10-4;/h5H2,1-4H3;. The molecule has 0 saturated heterocycles. The van der Waals surface area contributed by atoms with E-state index < -0.39 is 15.0 Å². The van der Waals surface area contributed by atoms with Gasteiger partial charge in [0.1, 0.15) is 0 Å². The Labute approximate surface area is 91.4 Å². The quantitative estimate of drug-likeness (QED) is 0.583. The Bertz CT molecular complexity index is 142. The van der Waals surface area contributed by atoms with Crippen LogP contribution in [0.5, 0.6) is 0 Å². The van der Waals surface area contributed by atoms with Crippen LogP contribution in [0.3, 0.4) is 0 Å². The summed E-state index contributed by atoms with van der Waals surface area (Å²) < 4.78 is 19.4. The molecule has 0 aliphatic heterocycles. The smallest absolute Gasteiger partial charge is 0.452 e. The van der Waals surface area contributed by atoms with Crippen LogP contribution >= 0.6 is 0 Å². The zero-order valence-electron chi connectivity index (χ0n) is 8.75. The first-order chi connectivity index (χ1) is 5.64. The molecule has 7 heteroatoms. The van der Waals surface area contributed by atoms with E-state index in [1.54, 1.807) is 6.92 Å². The Morgan fingerprint density at radius 1 is 1.15 bits per heavy atom. The second-order valence-corrected chi connectivity index (χ2v) is 4.37. The van der Waals surface area contributed by atoms with Crippen LogP contribution in [0.25, 0.3) is 0 Å². The molecule has 0 atom stereocenters. The number of carbonyl (C=O) groups is 1. The van der Waals surface area contributed by atoms with Gasteiger partial charge in [-0.3, -0.25) is 4.79 Å². The van der Waals surface area contributed by atoms with E-state index in [0.717, 1.165) is 0 Å². The minimum absolute atomic E-state index is 0. The van der Waals surface area contributed by atoms with Gasteiger partial charge in [-0.1, -0.05) is 6.92 Å². The van der Waals surface area contributed by atoms with Crippen LogP contribution < -0.4 is 0 Å². The van der Waals surface area contributed by atoms with Crippen molar-refractivity contribution in [1.29, 1.82) is 0 Å². The van der Waals surface area contributed by atoms with Crippen molar-refractivity contribution in [2.75, 3.05) is 21.3 Å². The zero-order valence-corrected chi connectivity index (χ0v) is 9.75. The van der Waals surface area contributed by atoms with Gasteiger partial charge in [0.2, 0.25) is 0 Å². The van der Waals surface area contributed by atoms with Crippen molar-refractivity contribution < 1.29 is 22.5 Å². The Kier molecular flexibility index (Phi) is 9.08. The van der Waals surface area contributed by atoms with Crippen LogP contribution in [0.1, 0.15) is 13.3 Å². The second-order valence-electron chi connectivity index (χ2n) is 1.94. The Balaban J connectivity index is 0. The average molecular weight is 201 g/mol. The van der Waals surface area contributed by atoms with Crippen molar-refractivity contribution in [3.8, 4) is 0 Å². The molecule has 0 aromatic carbocycles. The topological polar surface area (TPSA) is 54.0 Å². The monoisotopic (exact) mass is 201 g/mol. The summed E-state index contributed by atoms with van der Waals surface area (Å²) in [7, 11) is 0.980. The Morgan fingerprint density at radius 3 is 1.77 bits per heavy atom. The molecule has 0 fully saturated rings. The number of rotatable bonds is 5. The van der Waals surface area contributed by atoms with E-state index in [2.05, 4.69) is 0 Å². The molecule has 0 aliphatic rings. The van der Waals surface area contributed by atoms with Gasteiger partial charge in [-0.05, 0) is 0 Å². The third-order valence-electron chi connectivity index (χ3n) is 1.28. The number of carbonyl (C=O) groups excluding carboxylic acids is 1. The first-order valence-corrected chi connectivity index (χ1v) is 5.14. The fourth-order valence-electron chi connectivity index (χ4n) is 0.587. The van der Waals surface area contributed by atoms with Crippen molar-refractivity contribution in [3.63, 3.8) is 0 Å². The molecule has 0 aliphatic carbocycles. The van der Waals surface area contributed by atoms with Crippen LogP contribution in [0.4, 0.5) is 0 Å². The molecule has 13 heavy (non-hydrogen) atoms. The molecular weight excluding hydrogens is 187 g/mol. The van der Waals surface area contributed by atoms with Gasteiger partial charge >= 0.3 is 9.05 Å². The van der Waals surface area contributed by atoms with Gasteiger partial charge in [0, 0.05) is 46.6 Å². The average Bonchev–Trinajstić information content (AvgIpc) is 2.14. The number of hydrogen-bond acceptors (Lipinski definition) is 5. The molecule has 1 radical (unpaired) electrons. The first kappa shape index (κ1) is 15.6. The van der Waals surface area contributed by atoms with Gasteiger partial charge in [0.15, 0.2) is 0 Å². The minimum atomic E-state index is -3.15. The maximum Gasteiger partial charge on any atom is 0.750 e. The normalized spacial score (nSPS) is 10.5. The Hall–Kier alpha value is 0.164. The molecule has 0 amide bonds. The van der Waals surface area contributed by atoms with Crippen LogP contribution in [0.2, 0.25) is 0 Å².